The fourth-order valence-corrected chi connectivity index (χ4v) is 24.4. The Morgan fingerprint density at radius 3 is 2.52 bits per heavy atom. The molecule has 7 rings (SSSR count). The summed E-state index contributed by atoms with van der Waals surface area (Å²) in [5.74, 6) is 3.64. The number of aliphatic hydroxyl groups excluding tert-OH is 1. The largest absolute Gasteiger partial charge is 0.457 e. The molecular weight excluding hydrogens is 565 g/mol. The lowest BCUT2D eigenvalue weighted by Gasteiger charge is -2.68. The van der Waals surface area contributed by atoms with Gasteiger partial charge < -0.3 is 19.7 Å². The Kier molecular flexibility index (Phi) is 6.21. The van der Waals surface area contributed by atoms with Crippen molar-refractivity contribution in [1.29, 1.82) is 0 Å². The van der Waals surface area contributed by atoms with Gasteiger partial charge in [-0.15, -0.1) is 11.8 Å². The van der Waals surface area contributed by atoms with Crippen molar-refractivity contribution >= 4 is 27.8 Å². The van der Waals surface area contributed by atoms with Crippen LogP contribution in [0.15, 0.2) is 11.6 Å². The number of carbonyl (C=O) groups excluding carboxylic acids is 1. The Morgan fingerprint density at radius 2 is 1.88 bits per heavy atom. The van der Waals surface area contributed by atoms with Gasteiger partial charge in [-0.2, -0.15) is 0 Å². The number of hydrogen-bond acceptors (Lipinski definition) is 6. The summed E-state index contributed by atoms with van der Waals surface area (Å²) < 4.78 is 13.5. The van der Waals surface area contributed by atoms with Crippen LogP contribution in [-0.4, -0.2) is 72.8 Å². The quantitative estimate of drug-likeness (QED) is 0.208. The Bertz CT molecular complexity index is 1240. The predicted molar refractivity (Wildman–Crippen MR) is 173 cm³/mol. The molecule has 3 saturated carbocycles. The smallest absolute Gasteiger partial charge is 0.303 e. The van der Waals surface area contributed by atoms with Gasteiger partial charge in [-0.05, 0) is 104 Å². The average Bonchev–Trinajstić information content (AvgIpc) is 3.08. The number of allylic oxidation sites excluding steroid dienone is 2. The highest BCUT2D eigenvalue weighted by molar-refractivity contribution is 8.51. The lowest BCUT2D eigenvalue weighted by atomic mass is 9.38. The molecule has 238 valence electrons. The molecule has 4 aliphatic carbocycles. The molecule has 0 radical (unpaired) electrons. The molecule has 13 unspecified atom stereocenters. The molecule has 0 bridgehead atoms. The van der Waals surface area contributed by atoms with Gasteiger partial charge in [0.1, 0.15) is 0 Å². The van der Waals surface area contributed by atoms with Gasteiger partial charge in [0, 0.05) is 17.4 Å². The van der Waals surface area contributed by atoms with E-state index >= 15 is 0 Å². The molecule has 5 nitrogen and oxygen atoms in total. The SMILES string of the molecule is CC(=O)OC(C1CC(C)C2C(O1)C13SCCS1(C)C31C3CCC4(C)C(C)(CCC(O)C4(C)C)C3=CCC21C)C(C)(C)O. The molecule has 3 heterocycles. The minimum absolute atomic E-state index is 0.0646. The van der Waals surface area contributed by atoms with Gasteiger partial charge in [-0.3, -0.25) is 4.79 Å². The van der Waals surface area contributed by atoms with Crippen LogP contribution in [0.5, 0.6) is 0 Å². The van der Waals surface area contributed by atoms with Crippen molar-refractivity contribution in [3.8, 4) is 0 Å². The summed E-state index contributed by atoms with van der Waals surface area (Å²) in [6.07, 6.45) is 10.6. The number of esters is 1. The van der Waals surface area contributed by atoms with Gasteiger partial charge in [0.25, 0.3) is 0 Å². The maximum absolute atomic E-state index is 12.2. The van der Waals surface area contributed by atoms with Gasteiger partial charge in [-0.25, -0.2) is 10.0 Å². The monoisotopic (exact) mass is 620 g/mol. The van der Waals surface area contributed by atoms with Crippen LogP contribution >= 0.6 is 21.8 Å². The van der Waals surface area contributed by atoms with E-state index in [1.807, 2.05) is 0 Å². The summed E-state index contributed by atoms with van der Waals surface area (Å²) in [7, 11) is -0.982. The first kappa shape index (κ1) is 30.4. The topological polar surface area (TPSA) is 76.0 Å². The molecule has 2 spiro atoms. The van der Waals surface area contributed by atoms with E-state index in [1.54, 1.807) is 19.4 Å². The molecule has 0 aromatic rings. The zero-order chi connectivity index (χ0) is 30.7. The molecule has 7 aliphatic rings. The minimum Gasteiger partial charge on any atom is -0.457 e. The van der Waals surface area contributed by atoms with Crippen molar-refractivity contribution in [3.05, 3.63) is 11.6 Å². The first-order valence-electron chi connectivity index (χ1n) is 16.6. The van der Waals surface area contributed by atoms with Crippen LogP contribution in [0.3, 0.4) is 0 Å². The van der Waals surface area contributed by atoms with Gasteiger partial charge >= 0.3 is 5.97 Å². The third kappa shape index (κ3) is 2.98. The molecule has 0 aromatic carbocycles. The highest BCUT2D eigenvalue weighted by Gasteiger charge is 2.99. The maximum atomic E-state index is 12.2. The summed E-state index contributed by atoms with van der Waals surface area (Å²) in [6, 6.07) is 0. The summed E-state index contributed by atoms with van der Waals surface area (Å²) in [4.78, 5) is 12.2. The summed E-state index contributed by atoms with van der Waals surface area (Å²) in [5.41, 5.74) is 0.768. The van der Waals surface area contributed by atoms with E-state index in [1.165, 1.54) is 31.3 Å². The second-order valence-electron chi connectivity index (χ2n) is 17.4. The number of ether oxygens (including phenoxy) is 2. The number of thioether (sulfide) groups is 1. The van der Waals surface area contributed by atoms with Crippen LogP contribution in [0.4, 0.5) is 0 Å². The molecule has 0 amide bonds. The van der Waals surface area contributed by atoms with Crippen LogP contribution in [0.2, 0.25) is 0 Å². The Labute approximate surface area is 260 Å². The molecular formula is C35H56O5S2. The number of carbonyl (C=O) groups is 1. The van der Waals surface area contributed by atoms with Gasteiger partial charge in [-0.1, -0.05) is 53.2 Å². The molecule has 7 heteroatoms. The van der Waals surface area contributed by atoms with Crippen molar-refractivity contribution in [1.82, 2.24) is 0 Å². The number of fused-ring (bicyclic) bond motifs is 5. The highest BCUT2D eigenvalue weighted by Crippen LogP contribution is 3.06. The van der Waals surface area contributed by atoms with Crippen LogP contribution in [0.25, 0.3) is 0 Å². The van der Waals surface area contributed by atoms with E-state index in [2.05, 4.69) is 65.6 Å². The van der Waals surface area contributed by atoms with E-state index < -0.39 is 21.7 Å². The third-order valence-corrected chi connectivity index (χ3v) is 23.8. The van der Waals surface area contributed by atoms with Crippen molar-refractivity contribution in [2.75, 3.05) is 17.8 Å². The zero-order valence-electron chi connectivity index (χ0n) is 27.7. The standard InChI is InChI=1S/C35H56O5S2/c1-20-19-24(27(30(5,6)38)39-21(2)36)40-28-26(20)32(8)14-11-22-23(34(32)35(28)41-17-18-42(34,35)10)12-16-33(9)29(3,4)25(37)13-15-31(22,33)7/h11,20,23-28,37-38H,12-19H2,1-10H3. The van der Waals surface area contributed by atoms with Crippen LogP contribution in [0.1, 0.15) is 101 Å². The zero-order valence-corrected chi connectivity index (χ0v) is 29.3. The van der Waals surface area contributed by atoms with E-state index in [9.17, 15) is 15.0 Å². The fraction of sp³-hybridized carbons (Fsp3) is 0.914. The molecule has 13 atom stereocenters. The van der Waals surface area contributed by atoms with Crippen molar-refractivity contribution in [2.45, 2.75) is 140 Å². The molecule has 2 N–H and O–H groups in total. The number of aliphatic hydroxyl groups is 2. The molecule has 3 aliphatic heterocycles. The van der Waals surface area contributed by atoms with E-state index in [4.69, 9.17) is 9.47 Å². The van der Waals surface area contributed by atoms with Gasteiger partial charge in [0.15, 0.2) is 6.10 Å². The minimum atomic E-state index is -1.18. The van der Waals surface area contributed by atoms with Crippen LogP contribution < -0.4 is 0 Å². The van der Waals surface area contributed by atoms with Crippen molar-refractivity contribution < 1.29 is 24.5 Å². The molecule has 6 fully saturated rings. The van der Waals surface area contributed by atoms with E-state index in [0.717, 1.165) is 25.7 Å². The van der Waals surface area contributed by atoms with Crippen molar-refractivity contribution in [2.24, 2.45) is 39.4 Å². The number of hydrogen-bond donors (Lipinski definition) is 2. The normalized spacial score (nSPS) is 57.6. The number of rotatable bonds is 3. The van der Waals surface area contributed by atoms with E-state index in [0.29, 0.717) is 17.8 Å². The van der Waals surface area contributed by atoms with Gasteiger partial charge in [0.2, 0.25) is 0 Å². The maximum Gasteiger partial charge on any atom is 0.303 e. The Balaban J connectivity index is 1.34. The second kappa shape index (κ2) is 8.57. The fourth-order valence-electron chi connectivity index (χ4n) is 13.3. The summed E-state index contributed by atoms with van der Waals surface area (Å²) in [5, 5.41) is 22.4. The lowest BCUT2D eigenvalue weighted by Crippen LogP contribution is -2.63. The van der Waals surface area contributed by atoms with Crippen molar-refractivity contribution in [3.63, 3.8) is 0 Å². The molecule has 0 aromatic heterocycles. The second-order valence-corrected chi connectivity index (χ2v) is 22.8. The summed E-state index contributed by atoms with van der Waals surface area (Å²) >= 11 is 2.24. The predicted octanol–water partition coefficient (Wildman–Crippen LogP) is 6.68. The van der Waals surface area contributed by atoms with Crippen LogP contribution in [-0.2, 0) is 14.3 Å². The third-order valence-electron chi connectivity index (χ3n) is 15.4. The Hall–Kier alpha value is -0.210. The highest BCUT2D eigenvalue weighted by atomic mass is 32.3. The van der Waals surface area contributed by atoms with E-state index in [-0.39, 0.29) is 54.8 Å². The molecule has 3 saturated heterocycles. The Morgan fingerprint density at radius 1 is 1.19 bits per heavy atom. The van der Waals surface area contributed by atoms with Gasteiger partial charge in [0.05, 0.1) is 28.0 Å². The lowest BCUT2D eigenvalue weighted by molar-refractivity contribution is -0.208. The first-order valence-corrected chi connectivity index (χ1v) is 19.8. The molecule has 42 heavy (non-hydrogen) atoms. The average molecular weight is 621 g/mol. The van der Waals surface area contributed by atoms with Crippen LogP contribution in [0, 0.1) is 39.4 Å². The summed E-state index contributed by atoms with van der Waals surface area (Å²) in [6.45, 7) is 19.7. The first-order chi connectivity index (χ1) is 19.3.